The molecule has 1 atom stereocenters. The van der Waals surface area contributed by atoms with Crippen molar-refractivity contribution in [3.8, 4) is 0 Å². The van der Waals surface area contributed by atoms with Crippen LogP contribution in [0.3, 0.4) is 0 Å². The third kappa shape index (κ3) is 3.84. The van der Waals surface area contributed by atoms with Gasteiger partial charge >= 0.3 is 0 Å². The number of amides is 1. The second-order valence-electron chi connectivity index (χ2n) is 7.85. The highest BCUT2D eigenvalue weighted by atomic mass is 19.1. The average molecular weight is 360 g/mol. The molecule has 3 rings (SSSR count). The van der Waals surface area contributed by atoms with Crippen LogP contribution in [-0.4, -0.2) is 48.5 Å². The van der Waals surface area contributed by atoms with E-state index in [0.29, 0.717) is 43.8 Å². The van der Waals surface area contributed by atoms with E-state index < -0.39 is 6.17 Å². The van der Waals surface area contributed by atoms with E-state index in [1.807, 2.05) is 23.1 Å². The number of carbonyl (C=O) groups is 1. The molecule has 0 radical (unpaired) electrons. The molecule has 0 saturated carbocycles. The first kappa shape index (κ1) is 18.7. The first-order valence-corrected chi connectivity index (χ1v) is 9.53. The minimum atomic E-state index is -0.782. The van der Waals surface area contributed by atoms with Crippen LogP contribution in [0.25, 0.3) is 0 Å². The lowest BCUT2D eigenvalue weighted by atomic mass is 10.0. The number of nitrogen functional groups attached to an aromatic ring is 1. The quantitative estimate of drug-likeness (QED) is 0.626. The van der Waals surface area contributed by atoms with Gasteiger partial charge in [-0.3, -0.25) is 10.2 Å². The Labute approximate surface area is 154 Å². The van der Waals surface area contributed by atoms with E-state index in [2.05, 4.69) is 18.7 Å². The van der Waals surface area contributed by atoms with Crippen LogP contribution >= 0.6 is 0 Å². The van der Waals surface area contributed by atoms with Crippen molar-refractivity contribution >= 4 is 17.4 Å². The molecule has 6 heteroatoms. The van der Waals surface area contributed by atoms with Crippen molar-refractivity contribution in [2.75, 3.05) is 24.5 Å². The minimum Gasteiger partial charge on any atom is -0.384 e. The molecule has 1 fully saturated rings. The van der Waals surface area contributed by atoms with E-state index in [-0.39, 0.29) is 17.8 Å². The number of hydrogen-bond acceptors (Lipinski definition) is 3. The number of benzene rings is 1. The van der Waals surface area contributed by atoms with E-state index in [9.17, 15) is 9.18 Å². The molecule has 1 amide bonds. The normalized spacial score (nSPS) is 20.5. The molecule has 1 aromatic rings. The van der Waals surface area contributed by atoms with Crippen LogP contribution in [0.4, 0.5) is 10.1 Å². The van der Waals surface area contributed by atoms with Crippen LogP contribution in [0, 0.1) is 11.3 Å². The van der Waals surface area contributed by atoms with Crippen molar-refractivity contribution in [2.24, 2.45) is 11.7 Å². The maximum absolute atomic E-state index is 13.4. The molecule has 142 valence electrons. The van der Waals surface area contributed by atoms with Crippen LogP contribution in [0.15, 0.2) is 18.2 Å². The van der Waals surface area contributed by atoms with Crippen molar-refractivity contribution in [3.63, 3.8) is 0 Å². The highest BCUT2D eigenvalue weighted by molar-refractivity contribution is 5.97. The number of anilines is 1. The zero-order valence-electron chi connectivity index (χ0n) is 15.7. The molecule has 1 aromatic carbocycles. The molecule has 0 aliphatic carbocycles. The maximum Gasteiger partial charge on any atom is 0.245 e. The van der Waals surface area contributed by atoms with Crippen molar-refractivity contribution in [3.05, 3.63) is 29.3 Å². The van der Waals surface area contributed by atoms with Gasteiger partial charge in [0, 0.05) is 37.3 Å². The Morgan fingerprint density at radius 2 is 2.04 bits per heavy atom. The number of carbonyl (C=O) groups excluding carboxylic acids is 1. The number of rotatable bonds is 5. The summed E-state index contributed by atoms with van der Waals surface area (Å²) in [6, 6.07) is 5.53. The molecule has 1 unspecified atom stereocenters. The summed E-state index contributed by atoms with van der Waals surface area (Å²) in [4.78, 5) is 17.1. The summed E-state index contributed by atoms with van der Waals surface area (Å²) in [5.41, 5.74) is 8.47. The summed E-state index contributed by atoms with van der Waals surface area (Å²) in [5.74, 6) is 0.672. The average Bonchev–Trinajstić information content (AvgIpc) is 2.97. The summed E-state index contributed by atoms with van der Waals surface area (Å²) in [7, 11) is 0. The Morgan fingerprint density at radius 1 is 1.35 bits per heavy atom. The van der Waals surface area contributed by atoms with Gasteiger partial charge in [0.05, 0.1) is 0 Å². The number of amidine groups is 1. The van der Waals surface area contributed by atoms with Crippen molar-refractivity contribution in [1.29, 1.82) is 5.41 Å². The number of nitrogens with zero attached hydrogens (tertiary/aromatic N) is 2. The van der Waals surface area contributed by atoms with Gasteiger partial charge in [-0.25, -0.2) is 4.39 Å². The fraction of sp³-hybridized carbons (Fsp3) is 0.600. The molecule has 0 spiro atoms. The molecule has 1 saturated heterocycles. The Balaban J connectivity index is 1.84. The number of alkyl halides is 1. The number of hydrogen-bond donors (Lipinski definition) is 2. The second kappa shape index (κ2) is 7.64. The first-order valence-electron chi connectivity index (χ1n) is 9.53. The Bertz CT molecular complexity index is 682. The van der Waals surface area contributed by atoms with Crippen LogP contribution in [0.2, 0.25) is 0 Å². The second-order valence-corrected chi connectivity index (χ2v) is 7.85. The van der Waals surface area contributed by atoms with E-state index in [4.69, 9.17) is 11.1 Å². The summed E-state index contributed by atoms with van der Waals surface area (Å²) in [6.45, 7) is 6.15. The Kier molecular flexibility index (Phi) is 5.49. The molecule has 2 heterocycles. The van der Waals surface area contributed by atoms with Crippen LogP contribution in [0.1, 0.15) is 44.2 Å². The van der Waals surface area contributed by atoms with Crippen LogP contribution < -0.4 is 10.6 Å². The molecular formula is C20H29FN4O. The van der Waals surface area contributed by atoms with Crippen molar-refractivity contribution < 1.29 is 9.18 Å². The lowest BCUT2D eigenvalue weighted by Crippen LogP contribution is -2.50. The van der Waals surface area contributed by atoms with E-state index in [0.717, 1.165) is 24.2 Å². The SMILES string of the molecule is CC(C)CCN1c2cc(C(=N)N)ccc2CC1C(=O)N1CCC(F)CC1. The molecular weight excluding hydrogens is 331 g/mol. The number of nitrogens with two attached hydrogens (primary N) is 1. The van der Waals surface area contributed by atoms with Gasteiger partial charge in [-0.15, -0.1) is 0 Å². The number of halogens is 1. The molecule has 3 N–H and O–H groups in total. The topological polar surface area (TPSA) is 73.4 Å². The summed E-state index contributed by atoms with van der Waals surface area (Å²) in [5, 5.41) is 7.70. The number of piperidine rings is 1. The first-order chi connectivity index (χ1) is 12.4. The number of likely N-dealkylation sites (tertiary alicyclic amines) is 1. The van der Waals surface area contributed by atoms with Gasteiger partial charge in [0.2, 0.25) is 5.91 Å². The van der Waals surface area contributed by atoms with Crippen LogP contribution in [-0.2, 0) is 11.2 Å². The smallest absolute Gasteiger partial charge is 0.245 e. The summed E-state index contributed by atoms with van der Waals surface area (Å²) in [6.07, 6.45) is 1.74. The minimum absolute atomic E-state index is 0.0383. The third-order valence-electron chi connectivity index (χ3n) is 5.46. The molecule has 2 aliphatic heterocycles. The molecule has 0 aromatic heterocycles. The van der Waals surface area contributed by atoms with Gasteiger partial charge in [0.1, 0.15) is 18.0 Å². The van der Waals surface area contributed by atoms with Crippen molar-refractivity contribution in [2.45, 2.75) is 51.7 Å². The van der Waals surface area contributed by atoms with E-state index in [1.54, 1.807) is 0 Å². The predicted molar refractivity (Wildman–Crippen MR) is 102 cm³/mol. The molecule has 2 aliphatic rings. The van der Waals surface area contributed by atoms with Gasteiger partial charge in [-0.2, -0.15) is 0 Å². The fourth-order valence-corrected chi connectivity index (χ4v) is 3.83. The van der Waals surface area contributed by atoms with Gasteiger partial charge in [0.15, 0.2) is 0 Å². The highest BCUT2D eigenvalue weighted by Gasteiger charge is 2.37. The Hall–Kier alpha value is -2.11. The van der Waals surface area contributed by atoms with Gasteiger partial charge in [0.25, 0.3) is 0 Å². The zero-order chi connectivity index (χ0) is 18.8. The van der Waals surface area contributed by atoms with E-state index in [1.165, 1.54) is 0 Å². The maximum atomic E-state index is 13.4. The largest absolute Gasteiger partial charge is 0.384 e. The summed E-state index contributed by atoms with van der Waals surface area (Å²) < 4.78 is 13.4. The van der Waals surface area contributed by atoms with Crippen molar-refractivity contribution in [1.82, 2.24) is 4.90 Å². The van der Waals surface area contributed by atoms with Gasteiger partial charge < -0.3 is 15.5 Å². The van der Waals surface area contributed by atoms with Gasteiger partial charge in [-0.05, 0) is 36.8 Å². The van der Waals surface area contributed by atoms with E-state index >= 15 is 0 Å². The number of fused-ring (bicyclic) bond motifs is 1. The fourth-order valence-electron chi connectivity index (χ4n) is 3.83. The zero-order valence-corrected chi connectivity index (χ0v) is 15.7. The van der Waals surface area contributed by atoms with Crippen LogP contribution in [0.5, 0.6) is 0 Å². The monoisotopic (exact) mass is 360 g/mol. The molecule has 5 nitrogen and oxygen atoms in total. The highest BCUT2D eigenvalue weighted by Crippen LogP contribution is 2.35. The standard InChI is InChI=1S/C20H29FN4O/c1-13(2)5-10-25-17-12-15(19(22)23)4-3-14(17)11-18(25)20(26)24-8-6-16(21)7-9-24/h3-4,12-13,16,18H,5-11H2,1-2H3,(H3,22,23). The summed E-state index contributed by atoms with van der Waals surface area (Å²) >= 11 is 0. The number of nitrogens with one attached hydrogen (secondary N) is 1. The lowest BCUT2D eigenvalue weighted by Gasteiger charge is -2.35. The lowest BCUT2D eigenvalue weighted by molar-refractivity contribution is -0.134. The Morgan fingerprint density at radius 3 is 2.65 bits per heavy atom. The van der Waals surface area contributed by atoms with Gasteiger partial charge in [-0.1, -0.05) is 26.0 Å². The predicted octanol–water partition coefficient (Wildman–Crippen LogP) is 2.71. The molecule has 26 heavy (non-hydrogen) atoms. The molecule has 0 bridgehead atoms. The third-order valence-corrected chi connectivity index (χ3v) is 5.46.